The Morgan fingerprint density at radius 1 is 1.09 bits per heavy atom. The fraction of sp³-hybridized carbons (Fsp3) is 0.294. The lowest BCUT2D eigenvalue weighted by atomic mass is 10.1. The molecule has 1 aromatic heterocycles. The molecule has 3 rings (SSSR count). The van der Waals surface area contributed by atoms with Crippen LogP contribution in [0.2, 0.25) is 5.02 Å². The van der Waals surface area contributed by atoms with Crippen LogP contribution in [0.25, 0.3) is 0 Å². The van der Waals surface area contributed by atoms with Crippen LogP contribution in [0.15, 0.2) is 42.6 Å². The molecule has 0 atom stereocenters. The molecular formula is C17H17ClN4. The topological polar surface area (TPSA) is 43.2 Å². The van der Waals surface area contributed by atoms with E-state index in [2.05, 4.69) is 20.9 Å². The van der Waals surface area contributed by atoms with Crippen molar-refractivity contribution in [1.29, 1.82) is 5.26 Å². The molecule has 112 valence electrons. The van der Waals surface area contributed by atoms with Gasteiger partial charge in [0.15, 0.2) is 0 Å². The number of anilines is 1. The van der Waals surface area contributed by atoms with E-state index in [-0.39, 0.29) is 0 Å². The highest BCUT2D eigenvalue weighted by molar-refractivity contribution is 6.33. The molecule has 1 aliphatic rings. The van der Waals surface area contributed by atoms with Crippen LogP contribution < -0.4 is 4.90 Å². The molecule has 1 aliphatic heterocycles. The lowest BCUT2D eigenvalue weighted by molar-refractivity contribution is 0.247. The quantitative estimate of drug-likeness (QED) is 0.874. The average molecular weight is 313 g/mol. The maximum atomic E-state index is 9.27. The lowest BCUT2D eigenvalue weighted by Crippen LogP contribution is -2.46. The van der Waals surface area contributed by atoms with Gasteiger partial charge in [0.25, 0.3) is 0 Å². The summed E-state index contributed by atoms with van der Waals surface area (Å²) >= 11 is 6.29. The largest absolute Gasteiger partial charge is 0.367 e. The highest BCUT2D eigenvalue weighted by Crippen LogP contribution is 2.30. The SMILES string of the molecule is N#Cc1cccc(Cl)c1N1CCN(Cc2ccccn2)CC1. The zero-order valence-corrected chi connectivity index (χ0v) is 13.0. The van der Waals surface area contributed by atoms with E-state index in [4.69, 9.17) is 11.6 Å². The number of nitriles is 1. The minimum Gasteiger partial charge on any atom is -0.367 e. The van der Waals surface area contributed by atoms with Gasteiger partial charge in [0, 0.05) is 38.9 Å². The van der Waals surface area contributed by atoms with E-state index in [1.54, 1.807) is 0 Å². The second-order valence-electron chi connectivity index (χ2n) is 5.33. The second kappa shape index (κ2) is 6.78. The van der Waals surface area contributed by atoms with Crippen molar-refractivity contribution in [1.82, 2.24) is 9.88 Å². The Morgan fingerprint density at radius 2 is 1.91 bits per heavy atom. The van der Waals surface area contributed by atoms with Crippen molar-refractivity contribution >= 4 is 17.3 Å². The highest BCUT2D eigenvalue weighted by atomic mass is 35.5. The van der Waals surface area contributed by atoms with Gasteiger partial charge in [-0.2, -0.15) is 5.26 Å². The number of hydrogen-bond donors (Lipinski definition) is 0. The molecule has 4 nitrogen and oxygen atoms in total. The first-order valence-electron chi connectivity index (χ1n) is 7.34. The van der Waals surface area contributed by atoms with Crippen LogP contribution >= 0.6 is 11.6 Å². The molecule has 2 aromatic rings. The van der Waals surface area contributed by atoms with Crippen molar-refractivity contribution in [3.8, 4) is 6.07 Å². The molecule has 1 saturated heterocycles. The van der Waals surface area contributed by atoms with Crippen LogP contribution in [0.4, 0.5) is 5.69 Å². The van der Waals surface area contributed by atoms with E-state index >= 15 is 0 Å². The number of halogens is 1. The van der Waals surface area contributed by atoms with E-state index in [0.29, 0.717) is 10.6 Å². The number of rotatable bonds is 3. The number of para-hydroxylation sites is 1. The lowest BCUT2D eigenvalue weighted by Gasteiger charge is -2.36. The van der Waals surface area contributed by atoms with Crippen LogP contribution in [0.5, 0.6) is 0 Å². The molecule has 1 fully saturated rings. The first-order chi connectivity index (χ1) is 10.8. The molecule has 0 spiro atoms. The molecule has 0 saturated carbocycles. The molecular weight excluding hydrogens is 296 g/mol. The summed E-state index contributed by atoms with van der Waals surface area (Å²) in [4.78, 5) is 8.95. The van der Waals surface area contributed by atoms with Gasteiger partial charge in [0.2, 0.25) is 0 Å². The average Bonchev–Trinajstić information content (AvgIpc) is 2.56. The number of aromatic nitrogens is 1. The third kappa shape index (κ3) is 3.22. The molecule has 0 amide bonds. The van der Waals surface area contributed by atoms with Gasteiger partial charge in [0.1, 0.15) is 6.07 Å². The fourth-order valence-corrected chi connectivity index (χ4v) is 3.07. The van der Waals surface area contributed by atoms with E-state index in [9.17, 15) is 5.26 Å². The minimum absolute atomic E-state index is 0.644. The van der Waals surface area contributed by atoms with E-state index in [0.717, 1.165) is 44.1 Å². The summed E-state index contributed by atoms with van der Waals surface area (Å²) in [5.41, 5.74) is 2.60. The predicted molar refractivity (Wildman–Crippen MR) is 87.9 cm³/mol. The van der Waals surface area contributed by atoms with Crippen LogP contribution in [-0.2, 0) is 6.54 Å². The van der Waals surface area contributed by atoms with E-state index < -0.39 is 0 Å². The van der Waals surface area contributed by atoms with Gasteiger partial charge in [-0.1, -0.05) is 23.7 Å². The Kier molecular flexibility index (Phi) is 4.57. The number of piperazine rings is 1. The maximum Gasteiger partial charge on any atom is 0.101 e. The smallest absolute Gasteiger partial charge is 0.101 e. The van der Waals surface area contributed by atoms with Gasteiger partial charge in [-0.3, -0.25) is 9.88 Å². The van der Waals surface area contributed by atoms with Crippen LogP contribution in [0.3, 0.4) is 0 Å². The van der Waals surface area contributed by atoms with E-state index in [1.807, 2.05) is 42.6 Å². The van der Waals surface area contributed by atoms with Crippen molar-refractivity contribution in [3.63, 3.8) is 0 Å². The van der Waals surface area contributed by atoms with Crippen molar-refractivity contribution in [2.24, 2.45) is 0 Å². The summed E-state index contributed by atoms with van der Waals surface area (Å²) in [5, 5.41) is 9.92. The monoisotopic (exact) mass is 312 g/mol. The summed E-state index contributed by atoms with van der Waals surface area (Å²) in [6.45, 7) is 4.47. The maximum absolute atomic E-state index is 9.27. The first kappa shape index (κ1) is 14.8. The minimum atomic E-state index is 0.644. The summed E-state index contributed by atoms with van der Waals surface area (Å²) in [7, 11) is 0. The number of nitrogens with zero attached hydrogens (tertiary/aromatic N) is 4. The Morgan fingerprint density at radius 3 is 2.59 bits per heavy atom. The highest BCUT2D eigenvalue weighted by Gasteiger charge is 2.21. The Hall–Kier alpha value is -2.09. The third-order valence-electron chi connectivity index (χ3n) is 3.91. The normalized spacial score (nSPS) is 15.5. The molecule has 0 aliphatic carbocycles. The Bertz CT molecular complexity index is 673. The molecule has 2 heterocycles. The molecule has 22 heavy (non-hydrogen) atoms. The third-order valence-corrected chi connectivity index (χ3v) is 4.21. The van der Waals surface area contributed by atoms with Crippen LogP contribution in [0.1, 0.15) is 11.3 Å². The van der Waals surface area contributed by atoms with Gasteiger partial charge < -0.3 is 4.90 Å². The number of pyridine rings is 1. The van der Waals surface area contributed by atoms with Gasteiger partial charge in [-0.15, -0.1) is 0 Å². The van der Waals surface area contributed by atoms with Gasteiger partial charge in [-0.25, -0.2) is 0 Å². The Labute approximate surface area is 135 Å². The van der Waals surface area contributed by atoms with Gasteiger partial charge in [0.05, 0.1) is 22.0 Å². The summed E-state index contributed by atoms with van der Waals surface area (Å²) in [6.07, 6.45) is 1.83. The Balaban J connectivity index is 1.66. The van der Waals surface area contributed by atoms with Crippen molar-refractivity contribution < 1.29 is 0 Å². The fourth-order valence-electron chi connectivity index (χ4n) is 2.78. The number of hydrogen-bond acceptors (Lipinski definition) is 4. The number of benzene rings is 1. The summed E-state index contributed by atoms with van der Waals surface area (Å²) in [5.74, 6) is 0. The molecule has 0 unspecified atom stereocenters. The molecule has 0 N–H and O–H groups in total. The molecule has 0 bridgehead atoms. The molecule has 5 heteroatoms. The van der Waals surface area contributed by atoms with E-state index in [1.165, 1.54) is 0 Å². The van der Waals surface area contributed by atoms with Crippen molar-refractivity contribution in [3.05, 3.63) is 58.9 Å². The predicted octanol–water partition coefficient (Wildman–Crippen LogP) is 2.93. The second-order valence-corrected chi connectivity index (χ2v) is 5.74. The van der Waals surface area contributed by atoms with Gasteiger partial charge >= 0.3 is 0 Å². The van der Waals surface area contributed by atoms with Gasteiger partial charge in [-0.05, 0) is 24.3 Å². The van der Waals surface area contributed by atoms with Crippen molar-refractivity contribution in [2.45, 2.75) is 6.54 Å². The zero-order chi connectivity index (χ0) is 15.4. The van der Waals surface area contributed by atoms with Crippen LogP contribution in [0, 0.1) is 11.3 Å². The summed E-state index contributed by atoms with van der Waals surface area (Å²) in [6, 6.07) is 13.7. The first-order valence-corrected chi connectivity index (χ1v) is 7.71. The van der Waals surface area contributed by atoms with Crippen molar-refractivity contribution in [2.75, 3.05) is 31.1 Å². The summed E-state index contributed by atoms with van der Waals surface area (Å²) < 4.78 is 0. The standard InChI is InChI=1S/C17H17ClN4/c18-16-6-3-4-14(12-19)17(16)22-10-8-21(9-11-22)13-15-5-1-2-7-20-15/h1-7H,8-11,13H2. The zero-order valence-electron chi connectivity index (χ0n) is 12.2. The molecule has 1 aromatic carbocycles. The molecule has 0 radical (unpaired) electrons. The van der Waals surface area contributed by atoms with Crippen LogP contribution in [-0.4, -0.2) is 36.1 Å².